The second-order valence-electron chi connectivity index (χ2n) is 5.17. The number of hydrogen-bond acceptors (Lipinski definition) is 3. The fourth-order valence-electron chi connectivity index (χ4n) is 2.81. The van der Waals surface area contributed by atoms with Gasteiger partial charge >= 0.3 is 0 Å². The molecule has 1 aliphatic heterocycles. The molecule has 2 aromatic rings. The first-order valence-corrected chi connectivity index (χ1v) is 7.60. The topological polar surface area (TPSA) is 58.2 Å². The van der Waals surface area contributed by atoms with Crippen LogP contribution in [-0.4, -0.2) is 41.3 Å². The summed E-state index contributed by atoms with van der Waals surface area (Å²) in [7, 11) is 1.61. The molecule has 2 heterocycles. The van der Waals surface area contributed by atoms with Crippen molar-refractivity contribution >= 4 is 29.1 Å². The van der Waals surface area contributed by atoms with Crippen molar-refractivity contribution in [3.63, 3.8) is 0 Å². The average molecular weight is 340 g/mol. The van der Waals surface area contributed by atoms with Crippen LogP contribution < -0.4 is 0 Å². The summed E-state index contributed by atoms with van der Waals surface area (Å²) in [6, 6.07) is 5.03. The van der Waals surface area contributed by atoms with Crippen molar-refractivity contribution in [2.45, 2.75) is 13.0 Å². The normalized spacial score (nSPS) is 17.2. The molecule has 3 rings (SSSR count). The number of methoxy groups -OCH3 is 1. The van der Waals surface area contributed by atoms with Gasteiger partial charge in [-0.2, -0.15) is 5.10 Å². The van der Waals surface area contributed by atoms with E-state index in [9.17, 15) is 4.79 Å². The summed E-state index contributed by atoms with van der Waals surface area (Å²) in [4.78, 5) is 14.3. The molecule has 1 aromatic carbocycles. The van der Waals surface area contributed by atoms with Crippen molar-refractivity contribution in [1.29, 1.82) is 0 Å². The zero-order valence-electron chi connectivity index (χ0n) is 12.2. The Balaban J connectivity index is 2.11. The van der Waals surface area contributed by atoms with E-state index in [0.29, 0.717) is 28.9 Å². The Morgan fingerprint density at radius 3 is 2.86 bits per heavy atom. The van der Waals surface area contributed by atoms with E-state index in [1.807, 2.05) is 13.0 Å². The van der Waals surface area contributed by atoms with Gasteiger partial charge in [-0.05, 0) is 24.6 Å². The van der Waals surface area contributed by atoms with Crippen molar-refractivity contribution in [2.75, 3.05) is 20.3 Å². The maximum atomic E-state index is 12.6. The smallest absolute Gasteiger partial charge is 0.275 e. The van der Waals surface area contributed by atoms with Crippen molar-refractivity contribution in [3.8, 4) is 0 Å². The van der Waals surface area contributed by atoms with Crippen LogP contribution in [0.1, 0.15) is 33.4 Å². The lowest BCUT2D eigenvalue weighted by molar-refractivity contribution is 0.0677. The highest BCUT2D eigenvalue weighted by atomic mass is 35.5. The highest BCUT2D eigenvalue weighted by Gasteiger charge is 2.41. The van der Waals surface area contributed by atoms with Crippen LogP contribution in [0.5, 0.6) is 0 Å². The van der Waals surface area contributed by atoms with Gasteiger partial charge in [0.15, 0.2) is 5.69 Å². The van der Waals surface area contributed by atoms with Crippen LogP contribution in [0.2, 0.25) is 10.0 Å². The van der Waals surface area contributed by atoms with Gasteiger partial charge in [-0.25, -0.2) is 0 Å². The zero-order valence-corrected chi connectivity index (χ0v) is 13.7. The Morgan fingerprint density at radius 1 is 1.41 bits per heavy atom. The van der Waals surface area contributed by atoms with Gasteiger partial charge in [0.2, 0.25) is 0 Å². The van der Waals surface area contributed by atoms with Crippen molar-refractivity contribution < 1.29 is 9.53 Å². The molecule has 1 amide bonds. The number of aromatic amines is 1. The zero-order chi connectivity index (χ0) is 15.9. The number of aromatic nitrogens is 2. The standard InChI is InChI=1S/C15H15Cl2N3O2/c1-8-12-13(19-18-8)15(21)20(5-6-22-2)14(12)10-4-3-9(16)7-11(10)17/h3-4,7,14H,5-6H2,1-2H3,(H,18,19). The van der Waals surface area contributed by atoms with Crippen LogP contribution in [0, 0.1) is 6.92 Å². The number of hydrogen-bond donors (Lipinski definition) is 1. The van der Waals surface area contributed by atoms with E-state index >= 15 is 0 Å². The van der Waals surface area contributed by atoms with E-state index in [0.717, 1.165) is 16.8 Å². The third kappa shape index (κ3) is 2.39. The van der Waals surface area contributed by atoms with E-state index < -0.39 is 0 Å². The van der Waals surface area contributed by atoms with Gasteiger partial charge in [0.1, 0.15) is 0 Å². The van der Waals surface area contributed by atoms with E-state index in [2.05, 4.69) is 10.2 Å². The minimum absolute atomic E-state index is 0.118. The maximum absolute atomic E-state index is 12.6. The molecule has 1 unspecified atom stereocenters. The first kappa shape index (κ1) is 15.3. The molecule has 0 aliphatic carbocycles. The minimum Gasteiger partial charge on any atom is -0.383 e. The molecular formula is C15H15Cl2N3O2. The molecule has 7 heteroatoms. The quantitative estimate of drug-likeness (QED) is 0.930. The molecule has 0 spiro atoms. The van der Waals surface area contributed by atoms with E-state index in [1.54, 1.807) is 24.1 Å². The number of amides is 1. The van der Waals surface area contributed by atoms with Gasteiger partial charge in [-0.1, -0.05) is 29.3 Å². The summed E-state index contributed by atoms with van der Waals surface area (Å²) in [6.07, 6.45) is 0. The highest BCUT2D eigenvalue weighted by molar-refractivity contribution is 6.35. The van der Waals surface area contributed by atoms with Gasteiger partial charge in [-0.3, -0.25) is 9.89 Å². The number of benzene rings is 1. The summed E-state index contributed by atoms with van der Waals surface area (Å²) in [5, 5.41) is 8.10. The first-order chi connectivity index (χ1) is 10.5. The molecule has 0 radical (unpaired) electrons. The fourth-order valence-corrected chi connectivity index (χ4v) is 3.32. The third-order valence-electron chi connectivity index (χ3n) is 3.84. The predicted octanol–water partition coefficient (Wildman–Crippen LogP) is 3.22. The lowest BCUT2D eigenvalue weighted by Crippen LogP contribution is -2.32. The minimum atomic E-state index is -0.277. The molecule has 22 heavy (non-hydrogen) atoms. The summed E-state index contributed by atoms with van der Waals surface area (Å²) in [5.74, 6) is -0.118. The van der Waals surface area contributed by atoms with Crippen molar-refractivity contribution in [1.82, 2.24) is 15.1 Å². The Labute approximate surface area is 138 Å². The number of H-pyrrole nitrogens is 1. The second-order valence-corrected chi connectivity index (χ2v) is 6.01. The van der Waals surface area contributed by atoms with Crippen molar-refractivity contribution in [2.24, 2.45) is 0 Å². The molecule has 5 nitrogen and oxygen atoms in total. The summed E-state index contributed by atoms with van der Waals surface area (Å²) in [5.41, 5.74) is 3.01. The van der Waals surface area contributed by atoms with Gasteiger partial charge in [-0.15, -0.1) is 0 Å². The van der Waals surface area contributed by atoms with Crippen LogP contribution in [-0.2, 0) is 4.74 Å². The van der Waals surface area contributed by atoms with Gasteiger partial charge < -0.3 is 9.64 Å². The molecule has 0 saturated carbocycles. The predicted molar refractivity (Wildman–Crippen MR) is 84.5 cm³/mol. The Morgan fingerprint density at radius 2 is 2.18 bits per heavy atom. The molecule has 1 aromatic heterocycles. The van der Waals surface area contributed by atoms with Gasteiger partial charge in [0.05, 0.1) is 12.6 Å². The lowest BCUT2D eigenvalue weighted by Gasteiger charge is -2.26. The summed E-state index contributed by atoms with van der Waals surface area (Å²) in [6.45, 7) is 2.81. The Kier molecular flexibility index (Phi) is 4.12. The van der Waals surface area contributed by atoms with E-state index in [1.165, 1.54) is 0 Å². The Hall–Kier alpha value is -1.56. The molecule has 116 valence electrons. The summed E-state index contributed by atoms with van der Waals surface area (Å²) < 4.78 is 5.12. The van der Waals surface area contributed by atoms with Crippen LogP contribution >= 0.6 is 23.2 Å². The van der Waals surface area contributed by atoms with Gasteiger partial charge in [0, 0.05) is 35.0 Å². The number of fused-ring (bicyclic) bond motifs is 1. The molecule has 0 saturated heterocycles. The molecule has 1 N–H and O–H groups in total. The largest absolute Gasteiger partial charge is 0.383 e. The SMILES string of the molecule is COCCN1C(=O)c2n[nH]c(C)c2C1c1ccc(Cl)cc1Cl. The van der Waals surface area contributed by atoms with Crippen molar-refractivity contribution in [3.05, 3.63) is 50.8 Å². The monoisotopic (exact) mass is 339 g/mol. The number of nitrogens with one attached hydrogen (secondary N) is 1. The Bertz CT molecular complexity index is 730. The second kappa shape index (κ2) is 5.91. The molecule has 0 fully saturated rings. The number of ether oxygens (including phenoxy) is 1. The van der Waals surface area contributed by atoms with Crippen LogP contribution in [0.25, 0.3) is 0 Å². The molecule has 1 atom stereocenters. The highest BCUT2D eigenvalue weighted by Crippen LogP contribution is 2.42. The number of rotatable bonds is 4. The third-order valence-corrected chi connectivity index (χ3v) is 4.40. The molecule has 1 aliphatic rings. The fraction of sp³-hybridized carbons (Fsp3) is 0.333. The number of halogens is 2. The number of carbonyl (C=O) groups excluding carboxylic acids is 1. The van der Waals surface area contributed by atoms with E-state index in [4.69, 9.17) is 27.9 Å². The van der Waals surface area contributed by atoms with Gasteiger partial charge in [0.25, 0.3) is 5.91 Å². The average Bonchev–Trinajstić information content (AvgIpc) is 2.97. The first-order valence-electron chi connectivity index (χ1n) is 6.84. The molecular weight excluding hydrogens is 325 g/mol. The van der Waals surface area contributed by atoms with Crippen LogP contribution in [0.3, 0.4) is 0 Å². The number of nitrogens with zero attached hydrogens (tertiary/aromatic N) is 2. The van der Waals surface area contributed by atoms with Crippen LogP contribution in [0.15, 0.2) is 18.2 Å². The number of aryl methyl sites for hydroxylation is 1. The lowest BCUT2D eigenvalue weighted by atomic mass is 9.99. The summed E-state index contributed by atoms with van der Waals surface area (Å²) >= 11 is 12.3. The number of carbonyl (C=O) groups is 1. The molecule has 0 bridgehead atoms. The van der Waals surface area contributed by atoms with E-state index in [-0.39, 0.29) is 11.9 Å². The maximum Gasteiger partial charge on any atom is 0.275 e. The van der Waals surface area contributed by atoms with Crippen LogP contribution in [0.4, 0.5) is 0 Å².